The summed E-state index contributed by atoms with van der Waals surface area (Å²) in [6, 6.07) is 14.9. The van der Waals surface area contributed by atoms with Crippen LogP contribution in [0.5, 0.6) is 5.75 Å². The molecule has 3 nitrogen and oxygen atoms in total. The van der Waals surface area contributed by atoms with Crippen molar-refractivity contribution in [2.24, 2.45) is 0 Å². The smallest absolute Gasteiger partial charge is 0.123 e. The number of hydrogen-bond donors (Lipinski definition) is 1. The minimum atomic E-state index is -0.178. The summed E-state index contributed by atoms with van der Waals surface area (Å²) in [7, 11) is 0. The second-order valence-electron chi connectivity index (χ2n) is 5.99. The van der Waals surface area contributed by atoms with Gasteiger partial charge in [0.1, 0.15) is 18.2 Å². The van der Waals surface area contributed by atoms with Gasteiger partial charge in [0.2, 0.25) is 0 Å². The number of halogens is 1. The number of ether oxygens (including phenoxy) is 1. The van der Waals surface area contributed by atoms with Gasteiger partial charge in [-0.1, -0.05) is 24.3 Å². The van der Waals surface area contributed by atoms with Gasteiger partial charge in [-0.25, -0.2) is 4.39 Å². The summed E-state index contributed by atoms with van der Waals surface area (Å²) in [6.07, 6.45) is 1.10. The van der Waals surface area contributed by atoms with Crippen molar-refractivity contribution in [3.05, 3.63) is 65.5 Å². The minimum absolute atomic E-state index is 0.0235. The van der Waals surface area contributed by atoms with E-state index in [9.17, 15) is 4.39 Å². The normalized spacial score (nSPS) is 18.3. The molecular weight excluding hydrogens is 293 g/mol. The number of aliphatic hydroxyl groups is 1. The number of rotatable bonds is 6. The van der Waals surface area contributed by atoms with Crippen molar-refractivity contribution < 1.29 is 14.2 Å². The van der Waals surface area contributed by atoms with E-state index in [1.54, 1.807) is 12.1 Å². The van der Waals surface area contributed by atoms with E-state index in [4.69, 9.17) is 9.84 Å². The molecule has 1 atom stereocenters. The average molecular weight is 315 g/mol. The molecule has 1 saturated heterocycles. The van der Waals surface area contributed by atoms with Crippen LogP contribution in [0.1, 0.15) is 23.5 Å². The van der Waals surface area contributed by atoms with Crippen LogP contribution in [0.4, 0.5) is 4.39 Å². The molecule has 23 heavy (non-hydrogen) atoms. The van der Waals surface area contributed by atoms with Crippen LogP contribution in [0.25, 0.3) is 0 Å². The number of aliphatic hydroxyl groups excluding tert-OH is 1. The third-order valence-electron chi connectivity index (χ3n) is 4.28. The molecule has 2 aromatic carbocycles. The predicted molar refractivity (Wildman–Crippen MR) is 88.1 cm³/mol. The average Bonchev–Trinajstić information content (AvgIpc) is 3.02. The first-order valence-electron chi connectivity index (χ1n) is 8.05. The molecule has 1 fully saturated rings. The molecule has 0 unspecified atom stereocenters. The maximum atomic E-state index is 13.0. The summed E-state index contributed by atoms with van der Waals surface area (Å²) in [5, 5.41) is 8.82. The largest absolute Gasteiger partial charge is 0.491 e. The van der Waals surface area contributed by atoms with Gasteiger partial charge in [0.25, 0.3) is 0 Å². The Morgan fingerprint density at radius 1 is 1.17 bits per heavy atom. The van der Waals surface area contributed by atoms with Gasteiger partial charge in [0.05, 0.1) is 6.61 Å². The van der Waals surface area contributed by atoms with Crippen LogP contribution in [0.3, 0.4) is 0 Å². The Morgan fingerprint density at radius 2 is 2.00 bits per heavy atom. The van der Waals surface area contributed by atoms with Gasteiger partial charge in [-0.3, -0.25) is 4.90 Å². The van der Waals surface area contributed by atoms with Crippen LogP contribution in [0, 0.1) is 5.82 Å². The summed E-state index contributed by atoms with van der Waals surface area (Å²) in [5.74, 6) is 1.10. The molecule has 1 N–H and O–H groups in total. The highest BCUT2D eigenvalue weighted by molar-refractivity contribution is 5.29. The van der Waals surface area contributed by atoms with Crippen LogP contribution in [0.2, 0.25) is 0 Å². The fourth-order valence-electron chi connectivity index (χ4n) is 3.14. The van der Waals surface area contributed by atoms with E-state index < -0.39 is 0 Å². The predicted octanol–water partition coefficient (Wildman–Crippen LogP) is 3.19. The first-order valence-corrected chi connectivity index (χ1v) is 8.05. The maximum Gasteiger partial charge on any atom is 0.123 e. The van der Waals surface area contributed by atoms with Crippen molar-refractivity contribution in [3.8, 4) is 5.75 Å². The molecule has 1 heterocycles. The fraction of sp³-hybridized carbons (Fsp3) is 0.368. The third kappa shape index (κ3) is 4.30. The molecule has 1 aliphatic rings. The van der Waals surface area contributed by atoms with Gasteiger partial charge in [-0.2, -0.15) is 0 Å². The summed E-state index contributed by atoms with van der Waals surface area (Å²) < 4.78 is 18.5. The summed E-state index contributed by atoms with van der Waals surface area (Å²) in [6.45, 7) is 3.26. The number of benzene rings is 2. The van der Waals surface area contributed by atoms with Crippen LogP contribution >= 0.6 is 0 Å². The molecule has 0 aliphatic carbocycles. The Hall–Kier alpha value is -1.91. The molecule has 0 spiro atoms. The van der Waals surface area contributed by atoms with Crippen LogP contribution in [-0.4, -0.2) is 36.3 Å². The Labute approximate surface area is 136 Å². The van der Waals surface area contributed by atoms with Gasteiger partial charge in [-0.15, -0.1) is 0 Å². The standard InChI is InChI=1S/C19H22FNO2/c20-18-6-4-16(5-7-18)17-8-9-21(14-17)13-15-2-1-3-19(12-15)23-11-10-22/h1-7,12,17,22H,8-11,13-14H2/t17-/m1/s1. The SMILES string of the molecule is OCCOc1cccc(CN2CC[C@@H](c3ccc(F)cc3)C2)c1. The Kier molecular flexibility index (Phi) is 5.26. The lowest BCUT2D eigenvalue weighted by Gasteiger charge is -2.17. The van der Waals surface area contributed by atoms with E-state index in [0.717, 1.165) is 31.8 Å². The molecule has 0 radical (unpaired) electrons. The zero-order valence-electron chi connectivity index (χ0n) is 13.1. The molecule has 0 aromatic heterocycles. The highest BCUT2D eigenvalue weighted by Crippen LogP contribution is 2.28. The first-order chi connectivity index (χ1) is 11.2. The minimum Gasteiger partial charge on any atom is -0.491 e. The topological polar surface area (TPSA) is 32.7 Å². The van der Waals surface area contributed by atoms with Gasteiger partial charge in [-0.05, 0) is 54.3 Å². The Bertz CT molecular complexity index is 630. The highest BCUT2D eigenvalue weighted by Gasteiger charge is 2.23. The van der Waals surface area contributed by atoms with Crippen molar-refractivity contribution in [2.75, 3.05) is 26.3 Å². The molecule has 4 heteroatoms. The molecule has 3 rings (SSSR count). The monoisotopic (exact) mass is 315 g/mol. The molecule has 0 saturated carbocycles. The molecule has 122 valence electrons. The molecular formula is C19H22FNO2. The zero-order valence-corrected chi connectivity index (χ0v) is 13.1. The van der Waals surface area contributed by atoms with Gasteiger partial charge in [0, 0.05) is 13.1 Å². The van der Waals surface area contributed by atoms with Crippen molar-refractivity contribution in [2.45, 2.75) is 18.9 Å². The van der Waals surface area contributed by atoms with Gasteiger partial charge >= 0.3 is 0 Å². The first kappa shape index (κ1) is 16.0. The van der Waals surface area contributed by atoms with Crippen molar-refractivity contribution in [3.63, 3.8) is 0 Å². The second-order valence-corrected chi connectivity index (χ2v) is 5.99. The Morgan fingerprint density at radius 3 is 2.78 bits per heavy atom. The van der Waals surface area contributed by atoms with E-state index in [1.807, 2.05) is 30.3 Å². The highest BCUT2D eigenvalue weighted by atomic mass is 19.1. The lowest BCUT2D eigenvalue weighted by atomic mass is 9.99. The van der Waals surface area contributed by atoms with Crippen LogP contribution in [0.15, 0.2) is 48.5 Å². The number of nitrogens with zero attached hydrogens (tertiary/aromatic N) is 1. The second kappa shape index (κ2) is 7.57. The quantitative estimate of drug-likeness (QED) is 0.888. The molecule has 1 aliphatic heterocycles. The van der Waals surface area contributed by atoms with Crippen molar-refractivity contribution in [1.82, 2.24) is 4.90 Å². The summed E-state index contributed by atoms with van der Waals surface area (Å²) in [4.78, 5) is 2.42. The van der Waals surface area contributed by atoms with Crippen LogP contribution < -0.4 is 4.74 Å². The molecule has 0 bridgehead atoms. The van der Waals surface area contributed by atoms with E-state index >= 15 is 0 Å². The van der Waals surface area contributed by atoms with Crippen molar-refractivity contribution in [1.29, 1.82) is 0 Å². The fourth-order valence-corrected chi connectivity index (χ4v) is 3.14. The van der Waals surface area contributed by atoms with E-state index in [1.165, 1.54) is 11.1 Å². The van der Waals surface area contributed by atoms with E-state index in [0.29, 0.717) is 12.5 Å². The van der Waals surface area contributed by atoms with Gasteiger partial charge < -0.3 is 9.84 Å². The summed E-state index contributed by atoms with van der Waals surface area (Å²) in [5.41, 5.74) is 2.43. The molecule has 0 amide bonds. The number of likely N-dealkylation sites (tertiary alicyclic amines) is 1. The number of hydrogen-bond acceptors (Lipinski definition) is 3. The van der Waals surface area contributed by atoms with E-state index in [-0.39, 0.29) is 12.4 Å². The maximum absolute atomic E-state index is 13.0. The van der Waals surface area contributed by atoms with E-state index in [2.05, 4.69) is 11.0 Å². The summed E-state index contributed by atoms with van der Waals surface area (Å²) >= 11 is 0. The Balaban J connectivity index is 1.58. The van der Waals surface area contributed by atoms with Crippen molar-refractivity contribution >= 4 is 0 Å². The van der Waals surface area contributed by atoms with Gasteiger partial charge in [0.15, 0.2) is 0 Å². The third-order valence-corrected chi connectivity index (χ3v) is 4.28. The lowest BCUT2D eigenvalue weighted by Crippen LogP contribution is -2.19. The lowest BCUT2D eigenvalue weighted by molar-refractivity contribution is 0.201. The molecule has 2 aromatic rings. The van der Waals surface area contributed by atoms with Crippen LogP contribution in [-0.2, 0) is 6.54 Å². The zero-order chi connectivity index (χ0) is 16.1.